The van der Waals surface area contributed by atoms with Crippen molar-refractivity contribution in [2.45, 2.75) is 19.0 Å². The lowest BCUT2D eigenvalue weighted by atomic mass is 10.1. The van der Waals surface area contributed by atoms with Crippen LogP contribution >= 0.6 is 0 Å². The molecule has 0 aliphatic carbocycles. The van der Waals surface area contributed by atoms with E-state index in [1.807, 2.05) is 37.3 Å². The van der Waals surface area contributed by atoms with Gasteiger partial charge < -0.3 is 20.2 Å². The lowest BCUT2D eigenvalue weighted by Gasteiger charge is -2.19. The van der Waals surface area contributed by atoms with Crippen LogP contribution in [0.25, 0.3) is 0 Å². The molecule has 1 aromatic carbocycles. The summed E-state index contributed by atoms with van der Waals surface area (Å²) < 4.78 is 5.22. The van der Waals surface area contributed by atoms with Gasteiger partial charge in [-0.15, -0.1) is 0 Å². The average Bonchev–Trinajstić information content (AvgIpc) is 3.00. The number of hydrogen-bond donors (Lipinski definition) is 3. The molecular formula is C15H18N2O3. The Morgan fingerprint density at radius 2 is 1.95 bits per heavy atom. The van der Waals surface area contributed by atoms with E-state index in [4.69, 9.17) is 4.42 Å². The first-order valence-electron chi connectivity index (χ1n) is 6.47. The number of aliphatic hydroxyl groups excluding tert-OH is 1. The Labute approximate surface area is 117 Å². The highest BCUT2D eigenvalue weighted by Crippen LogP contribution is 2.14. The van der Waals surface area contributed by atoms with E-state index in [9.17, 15) is 9.90 Å². The smallest absolute Gasteiger partial charge is 0.315 e. The molecule has 2 atom stereocenters. The number of benzene rings is 1. The van der Waals surface area contributed by atoms with Crippen LogP contribution in [0.4, 0.5) is 4.79 Å². The minimum atomic E-state index is -0.431. The first-order chi connectivity index (χ1) is 9.70. The molecule has 2 rings (SSSR count). The minimum absolute atomic E-state index is 0.160. The molecule has 1 aromatic heterocycles. The highest BCUT2D eigenvalue weighted by Gasteiger charge is 2.16. The molecule has 20 heavy (non-hydrogen) atoms. The van der Waals surface area contributed by atoms with Gasteiger partial charge in [0.25, 0.3) is 0 Å². The van der Waals surface area contributed by atoms with Gasteiger partial charge >= 0.3 is 6.03 Å². The number of amides is 2. The molecule has 106 valence electrons. The molecule has 0 spiro atoms. The first-order valence-corrected chi connectivity index (χ1v) is 6.47. The highest BCUT2D eigenvalue weighted by molar-refractivity contribution is 5.74. The number of rotatable bonds is 5. The topological polar surface area (TPSA) is 74.5 Å². The SMILES string of the molecule is CC(NC(=O)NC(CO)c1ccccc1)c1ccco1. The monoisotopic (exact) mass is 274 g/mol. The van der Waals surface area contributed by atoms with Crippen LogP contribution in [-0.2, 0) is 0 Å². The number of furan rings is 1. The van der Waals surface area contributed by atoms with Gasteiger partial charge in [-0.3, -0.25) is 0 Å². The highest BCUT2D eigenvalue weighted by atomic mass is 16.3. The summed E-state index contributed by atoms with van der Waals surface area (Å²) in [5.41, 5.74) is 0.857. The molecule has 0 fully saturated rings. The molecule has 5 heteroatoms. The Bertz CT molecular complexity index is 525. The van der Waals surface area contributed by atoms with E-state index in [0.29, 0.717) is 5.76 Å². The molecule has 5 nitrogen and oxygen atoms in total. The maximum absolute atomic E-state index is 11.9. The summed E-state index contributed by atoms with van der Waals surface area (Å²) >= 11 is 0. The van der Waals surface area contributed by atoms with E-state index in [2.05, 4.69) is 10.6 Å². The van der Waals surface area contributed by atoms with Gasteiger partial charge in [0.05, 0.1) is 25.0 Å². The van der Waals surface area contributed by atoms with Crippen LogP contribution in [0, 0.1) is 0 Å². The standard InChI is InChI=1S/C15H18N2O3/c1-11(14-8-5-9-20-14)16-15(19)17-13(10-18)12-6-3-2-4-7-12/h2-9,11,13,18H,10H2,1H3,(H2,16,17,19). The normalized spacial score (nSPS) is 13.5. The maximum atomic E-state index is 11.9. The van der Waals surface area contributed by atoms with Crippen molar-refractivity contribution in [1.29, 1.82) is 0 Å². The molecule has 0 aliphatic rings. The van der Waals surface area contributed by atoms with Gasteiger partial charge in [-0.25, -0.2) is 4.79 Å². The van der Waals surface area contributed by atoms with Gasteiger partial charge in [0, 0.05) is 0 Å². The van der Waals surface area contributed by atoms with Gasteiger partial charge in [-0.2, -0.15) is 0 Å². The van der Waals surface area contributed by atoms with Crippen LogP contribution in [0.1, 0.15) is 30.3 Å². The van der Waals surface area contributed by atoms with E-state index in [-0.39, 0.29) is 18.7 Å². The van der Waals surface area contributed by atoms with Gasteiger partial charge in [0.15, 0.2) is 0 Å². The molecule has 2 unspecified atom stereocenters. The summed E-state index contributed by atoms with van der Waals surface area (Å²) in [6.45, 7) is 1.67. The van der Waals surface area contributed by atoms with Crippen LogP contribution < -0.4 is 10.6 Å². The molecule has 0 radical (unpaired) electrons. The van der Waals surface area contributed by atoms with Gasteiger partial charge in [-0.1, -0.05) is 30.3 Å². The van der Waals surface area contributed by atoms with E-state index in [1.54, 1.807) is 18.4 Å². The lowest BCUT2D eigenvalue weighted by molar-refractivity contribution is 0.213. The van der Waals surface area contributed by atoms with Gasteiger partial charge in [0.1, 0.15) is 5.76 Å². The van der Waals surface area contributed by atoms with Crippen LogP contribution in [0.3, 0.4) is 0 Å². The third-order valence-corrected chi connectivity index (χ3v) is 3.01. The van der Waals surface area contributed by atoms with Crippen molar-refractivity contribution in [1.82, 2.24) is 10.6 Å². The fourth-order valence-corrected chi connectivity index (χ4v) is 1.93. The molecule has 0 saturated carbocycles. The zero-order chi connectivity index (χ0) is 14.4. The fourth-order valence-electron chi connectivity index (χ4n) is 1.93. The molecule has 2 amide bonds. The number of hydrogen-bond acceptors (Lipinski definition) is 3. The average molecular weight is 274 g/mol. The summed E-state index contributed by atoms with van der Waals surface area (Å²) in [4.78, 5) is 11.9. The Morgan fingerprint density at radius 3 is 2.55 bits per heavy atom. The van der Waals surface area contributed by atoms with Crippen molar-refractivity contribution < 1.29 is 14.3 Å². The van der Waals surface area contributed by atoms with Gasteiger partial charge in [-0.05, 0) is 24.6 Å². The number of aliphatic hydroxyl groups is 1. The van der Waals surface area contributed by atoms with Crippen molar-refractivity contribution in [2.75, 3.05) is 6.61 Å². The predicted molar refractivity (Wildman–Crippen MR) is 75.1 cm³/mol. The molecular weight excluding hydrogens is 256 g/mol. The third kappa shape index (κ3) is 3.61. The summed E-state index contributed by atoms with van der Waals surface area (Å²) in [6, 6.07) is 11.9. The second kappa shape index (κ2) is 6.77. The van der Waals surface area contributed by atoms with Crippen LogP contribution in [0.5, 0.6) is 0 Å². The Kier molecular flexibility index (Phi) is 4.79. The van der Waals surface area contributed by atoms with Crippen LogP contribution in [0.2, 0.25) is 0 Å². The minimum Gasteiger partial charge on any atom is -0.467 e. The Hall–Kier alpha value is -2.27. The van der Waals surface area contributed by atoms with E-state index < -0.39 is 6.04 Å². The van der Waals surface area contributed by atoms with Crippen molar-refractivity contribution in [3.05, 3.63) is 60.1 Å². The summed E-state index contributed by atoms with van der Waals surface area (Å²) in [6.07, 6.45) is 1.56. The Morgan fingerprint density at radius 1 is 1.20 bits per heavy atom. The van der Waals surface area contributed by atoms with Crippen molar-refractivity contribution in [3.8, 4) is 0 Å². The maximum Gasteiger partial charge on any atom is 0.315 e. The fraction of sp³-hybridized carbons (Fsp3) is 0.267. The van der Waals surface area contributed by atoms with E-state index >= 15 is 0 Å². The third-order valence-electron chi connectivity index (χ3n) is 3.01. The predicted octanol–water partition coefficient (Wildman–Crippen LogP) is 2.37. The Balaban J connectivity index is 1.93. The molecule has 0 saturated heterocycles. The van der Waals surface area contributed by atoms with Crippen LogP contribution in [0.15, 0.2) is 53.1 Å². The molecule has 0 aliphatic heterocycles. The zero-order valence-electron chi connectivity index (χ0n) is 11.2. The number of nitrogens with one attached hydrogen (secondary N) is 2. The molecule has 3 N–H and O–H groups in total. The van der Waals surface area contributed by atoms with Gasteiger partial charge in [0.2, 0.25) is 0 Å². The van der Waals surface area contributed by atoms with Crippen molar-refractivity contribution >= 4 is 6.03 Å². The summed E-state index contributed by atoms with van der Waals surface area (Å²) in [5, 5.41) is 14.9. The van der Waals surface area contributed by atoms with Crippen LogP contribution in [-0.4, -0.2) is 17.7 Å². The number of urea groups is 1. The summed E-state index contributed by atoms with van der Waals surface area (Å²) in [5.74, 6) is 0.681. The number of carbonyl (C=O) groups excluding carboxylic acids is 1. The largest absolute Gasteiger partial charge is 0.467 e. The summed E-state index contributed by atoms with van der Waals surface area (Å²) in [7, 11) is 0. The second-order valence-electron chi connectivity index (χ2n) is 4.50. The second-order valence-corrected chi connectivity index (χ2v) is 4.50. The van der Waals surface area contributed by atoms with E-state index in [1.165, 1.54) is 0 Å². The van der Waals surface area contributed by atoms with Crippen molar-refractivity contribution in [2.24, 2.45) is 0 Å². The molecule has 2 aromatic rings. The molecule has 1 heterocycles. The van der Waals surface area contributed by atoms with E-state index in [0.717, 1.165) is 5.56 Å². The lowest BCUT2D eigenvalue weighted by Crippen LogP contribution is -2.40. The quantitative estimate of drug-likeness (QED) is 0.783. The number of carbonyl (C=O) groups is 1. The first kappa shape index (κ1) is 14.1. The van der Waals surface area contributed by atoms with Crippen molar-refractivity contribution in [3.63, 3.8) is 0 Å². The molecule has 0 bridgehead atoms. The zero-order valence-corrected chi connectivity index (χ0v) is 11.2.